The topological polar surface area (TPSA) is 171 Å². The minimum atomic E-state index is -0.967. The lowest BCUT2D eigenvalue weighted by atomic mass is 10.0. The number of benzene rings is 3. The van der Waals surface area contributed by atoms with Crippen molar-refractivity contribution in [2.45, 2.75) is 13.3 Å². The number of barbiturate groups is 1. The Morgan fingerprint density at radius 1 is 1.02 bits per heavy atom. The summed E-state index contributed by atoms with van der Waals surface area (Å²) in [6.45, 7) is 5.54. The second-order valence-corrected chi connectivity index (χ2v) is 9.02. The largest absolute Gasteiger partial charge is 0.490 e. The quantitative estimate of drug-likeness (QED) is 0.101. The monoisotopic (exact) mass is 592 g/mol. The Bertz CT molecular complexity index is 1690. The van der Waals surface area contributed by atoms with E-state index in [-0.39, 0.29) is 46.6 Å². The average Bonchev–Trinajstić information content (AvgIpc) is 2.94. The summed E-state index contributed by atoms with van der Waals surface area (Å²) in [4.78, 5) is 60.6. The normalized spacial score (nSPS) is 14.0. The molecule has 0 radical (unpaired) electrons. The molecule has 0 aromatic heterocycles. The van der Waals surface area contributed by atoms with Crippen molar-refractivity contribution < 1.29 is 33.7 Å². The van der Waals surface area contributed by atoms with Gasteiger partial charge in [-0.2, -0.15) is 0 Å². The Labute approximate surface area is 242 Å². The first-order valence-corrected chi connectivity index (χ1v) is 12.6. The van der Waals surface area contributed by atoms with E-state index in [9.17, 15) is 34.6 Å². The van der Waals surface area contributed by atoms with Gasteiger partial charge in [0.2, 0.25) is 5.75 Å². The number of rotatable bonds is 10. The zero-order valence-corrected chi connectivity index (χ0v) is 22.6. The summed E-state index contributed by atoms with van der Waals surface area (Å²) < 4.78 is 11.6. The standard InChI is InChI=1S/C28H21ClN4O9/c1-3-7-17-12-16(13-19-26(34)30-28(36)31(27(19)35)21-9-6-5-8-20(21)29)14-24(41-4-2)25(17)42-23-11-10-18(32(37)38)15-22(23)33(39)40/h3,5-6,8-15H,1,4,7H2,2H3,(H,30,34,36)/b19-13+. The number of nitrogens with one attached hydrogen (secondary N) is 1. The first-order chi connectivity index (χ1) is 20.0. The third-order valence-corrected chi connectivity index (χ3v) is 6.21. The maximum absolute atomic E-state index is 13.3. The fraction of sp³-hybridized carbons (Fsp3) is 0.107. The second kappa shape index (κ2) is 12.3. The van der Waals surface area contributed by atoms with Gasteiger partial charge in [0.05, 0.1) is 33.2 Å². The van der Waals surface area contributed by atoms with Crippen LogP contribution in [0.5, 0.6) is 17.2 Å². The lowest BCUT2D eigenvalue weighted by Gasteiger charge is -2.27. The molecule has 0 saturated carbocycles. The summed E-state index contributed by atoms with van der Waals surface area (Å²) in [5.74, 6) is -1.97. The van der Waals surface area contributed by atoms with Gasteiger partial charge in [0.25, 0.3) is 17.5 Å². The number of allylic oxidation sites excluding steroid dienone is 1. The van der Waals surface area contributed by atoms with Gasteiger partial charge in [-0.15, -0.1) is 6.58 Å². The van der Waals surface area contributed by atoms with Crippen LogP contribution in [0.2, 0.25) is 5.02 Å². The fourth-order valence-corrected chi connectivity index (χ4v) is 4.31. The molecule has 0 unspecified atom stereocenters. The fourth-order valence-electron chi connectivity index (χ4n) is 4.09. The van der Waals surface area contributed by atoms with E-state index < -0.39 is 39.1 Å². The Balaban J connectivity index is 1.82. The number of imide groups is 2. The Kier molecular flexibility index (Phi) is 8.62. The number of halogens is 1. The number of carbonyl (C=O) groups excluding carboxylic acids is 3. The molecule has 3 aromatic carbocycles. The average molecular weight is 593 g/mol. The number of non-ortho nitro benzene ring substituents is 1. The van der Waals surface area contributed by atoms with Gasteiger partial charge >= 0.3 is 11.7 Å². The number of hydrogen-bond acceptors (Lipinski definition) is 9. The van der Waals surface area contributed by atoms with Crippen LogP contribution in [-0.2, 0) is 16.0 Å². The number of urea groups is 1. The van der Waals surface area contributed by atoms with Crippen LogP contribution in [-0.4, -0.2) is 34.3 Å². The minimum absolute atomic E-state index is 0.0585. The van der Waals surface area contributed by atoms with Gasteiger partial charge in [0.15, 0.2) is 11.5 Å². The van der Waals surface area contributed by atoms with Gasteiger partial charge in [-0.3, -0.25) is 35.1 Å². The van der Waals surface area contributed by atoms with E-state index in [0.29, 0.717) is 11.1 Å². The van der Waals surface area contributed by atoms with Crippen LogP contribution in [0.15, 0.2) is 72.8 Å². The highest BCUT2D eigenvalue weighted by Gasteiger charge is 2.37. The molecule has 1 saturated heterocycles. The number of ether oxygens (including phenoxy) is 2. The Morgan fingerprint density at radius 2 is 1.76 bits per heavy atom. The molecule has 214 valence electrons. The van der Waals surface area contributed by atoms with Crippen LogP contribution in [0.1, 0.15) is 18.1 Å². The van der Waals surface area contributed by atoms with E-state index in [4.69, 9.17) is 21.1 Å². The number of para-hydroxylation sites is 1. The van der Waals surface area contributed by atoms with Crippen molar-refractivity contribution in [1.29, 1.82) is 0 Å². The summed E-state index contributed by atoms with van der Waals surface area (Å²) in [5, 5.41) is 25.0. The highest BCUT2D eigenvalue weighted by Crippen LogP contribution is 2.42. The Morgan fingerprint density at radius 3 is 2.40 bits per heavy atom. The van der Waals surface area contributed by atoms with Crippen molar-refractivity contribution in [2.24, 2.45) is 0 Å². The maximum Gasteiger partial charge on any atom is 0.335 e. The lowest BCUT2D eigenvalue weighted by molar-refractivity contribution is -0.394. The van der Waals surface area contributed by atoms with E-state index >= 15 is 0 Å². The molecule has 1 heterocycles. The molecule has 0 atom stereocenters. The second-order valence-electron chi connectivity index (χ2n) is 8.61. The number of carbonyl (C=O) groups is 3. The van der Waals surface area contributed by atoms with Crippen molar-refractivity contribution in [1.82, 2.24) is 5.32 Å². The first kappa shape index (κ1) is 29.4. The predicted molar refractivity (Wildman–Crippen MR) is 152 cm³/mol. The van der Waals surface area contributed by atoms with Gasteiger partial charge in [-0.25, -0.2) is 9.69 Å². The van der Waals surface area contributed by atoms with Crippen molar-refractivity contribution in [2.75, 3.05) is 11.5 Å². The van der Waals surface area contributed by atoms with Crippen LogP contribution in [0.4, 0.5) is 21.9 Å². The molecule has 42 heavy (non-hydrogen) atoms. The molecule has 0 spiro atoms. The van der Waals surface area contributed by atoms with Gasteiger partial charge in [0, 0.05) is 11.6 Å². The van der Waals surface area contributed by atoms with Crippen molar-refractivity contribution in [3.8, 4) is 17.2 Å². The van der Waals surface area contributed by atoms with E-state index in [0.717, 1.165) is 23.1 Å². The van der Waals surface area contributed by atoms with Crippen LogP contribution < -0.4 is 19.7 Å². The highest BCUT2D eigenvalue weighted by atomic mass is 35.5. The molecule has 1 N–H and O–H groups in total. The summed E-state index contributed by atoms with van der Waals surface area (Å²) in [6.07, 6.45) is 2.94. The number of nitro groups is 2. The zero-order valence-electron chi connectivity index (χ0n) is 21.9. The molecule has 1 fully saturated rings. The van der Waals surface area contributed by atoms with Gasteiger partial charge in [-0.05, 0) is 55.3 Å². The number of nitrogens with zero attached hydrogens (tertiary/aromatic N) is 3. The molecule has 3 aromatic rings. The van der Waals surface area contributed by atoms with Crippen LogP contribution in [0.25, 0.3) is 6.08 Å². The number of hydrogen-bond donors (Lipinski definition) is 1. The third-order valence-electron chi connectivity index (χ3n) is 5.89. The molecule has 1 aliphatic heterocycles. The van der Waals surface area contributed by atoms with Crippen molar-refractivity contribution in [3.05, 3.63) is 109 Å². The van der Waals surface area contributed by atoms with E-state index in [1.807, 2.05) is 0 Å². The van der Waals surface area contributed by atoms with Gasteiger partial charge < -0.3 is 9.47 Å². The SMILES string of the molecule is C=CCc1cc(/C=C2\C(=O)NC(=O)N(c3ccccc3Cl)C2=O)cc(OCC)c1Oc1ccc([N+](=O)[O-])cc1[N+](=O)[O-]. The molecule has 14 heteroatoms. The Hall–Kier alpha value is -5.56. The number of amides is 4. The van der Waals surface area contributed by atoms with Crippen molar-refractivity contribution in [3.63, 3.8) is 0 Å². The predicted octanol–water partition coefficient (Wildman–Crippen LogP) is 5.74. The molecular formula is C28H21ClN4O9. The molecule has 4 rings (SSSR count). The molecule has 1 aliphatic rings. The van der Waals surface area contributed by atoms with E-state index in [1.54, 1.807) is 25.1 Å². The van der Waals surface area contributed by atoms with E-state index in [2.05, 4.69) is 11.9 Å². The van der Waals surface area contributed by atoms with Gasteiger partial charge in [0.1, 0.15) is 5.57 Å². The molecular weight excluding hydrogens is 572 g/mol. The summed E-state index contributed by atoms with van der Waals surface area (Å²) in [7, 11) is 0. The van der Waals surface area contributed by atoms with Crippen LogP contribution in [0, 0.1) is 20.2 Å². The van der Waals surface area contributed by atoms with Crippen molar-refractivity contribution >= 4 is 52.6 Å². The molecule has 13 nitrogen and oxygen atoms in total. The van der Waals surface area contributed by atoms with Crippen LogP contribution in [0.3, 0.4) is 0 Å². The summed E-state index contributed by atoms with van der Waals surface area (Å²) in [5.41, 5.74) is -0.730. The molecule has 0 bridgehead atoms. The third kappa shape index (κ3) is 5.95. The number of anilines is 1. The smallest absolute Gasteiger partial charge is 0.335 e. The maximum atomic E-state index is 13.3. The highest BCUT2D eigenvalue weighted by molar-refractivity contribution is 6.42. The van der Waals surface area contributed by atoms with Gasteiger partial charge in [-0.1, -0.05) is 29.8 Å². The summed E-state index contributed by atoms with van der Waals surface area (Å²) >= 11 is 6.19. The first-order valence-electron chi connectivity index (χ1n) is 12.2. The minimum Gasteiger partial charge on any atom is -0.490 e. The zero-order chi connectivity index (χ0) is 30.6. The summed E-state index contributed by atoms with van der Waals surface area (Å²) in [6, 6.07) is 11.1. The van der Waals surface area contributed by atoms with E-state index in [1.165, 1.54) is 30.4 Å². The lowest BCUT2D eigenvalue weighted by Crippen LogP contribution is -2.54. The molecule has 4 amide bonds. The number of nitro benzene ring substituents is 2. The van der Waals surface area contributed by atoms with Crippen LogP contribution >= 0.6 is 11.6 Å². The molecule has 0 aliphatic carbocycles.